The zero-order valence-corrected chi connectivity index (χ0v) is 15.8. The molecule has 4 rings (SSSR count). The minimum absolute atomic E-state index is 0.0619. The maximum absolute atomic E-state index is 12.7. The summed E-state index contributed by atoms with van der Waals surface area (Å²) in [6.07, 6.45) is 1.44. The summed E-state index contributed by atoms with van der Waals surface area (Å²) in [5, 5.41) is 5.79. The van der Waals surface area contributed by atoms with E-state index in [9.17, 15) is 9.59 Å². The van der Waals surface area contributed by atoms with Crippen molar-refractivity contribution < 1.29 is 4.79 Å². The second-order valence-corrected chi connectivity index (χ2v) is 7.04. The molecule has 0 radical (unpaired) electrons. The maximum atomic E-state index is 12.7. The molecule has 3 aromatic carbocycles. The molecule has 5 nitrogen and oxygen atoms in total. The number of hydrogen-bond donors (Lipinski definition) is 1. The molecular formula is C23H21N3O2. The number of para-hydroxylation sites is 1. The smallest absolute Gasteiger partial charge is 0.261 e. The Morgan fingerprint density at radius 3 is 2.68 bits per heavy atom. The van der Waals surface area contributed by atoms with Crippen molar-refractivity contribution in [1.82, 2.24) is 14.9 Å². The molecule has 1 heterocycles. The van der Waals surface area contributed by atoms with Gasteiger partial charge in [-0.3, -0.25) is 14.2 Å². The average Bonchev–Trinajstić information content (AvgIpc) is 2.70. The first kappa shape index (κ1) is 17.9. The number of fused-ring (bicyclic) bond motifs is 2. The topological polar surface area (TPSA) is 64.0 Å². The van der Waals surface area contributed by atoms with Crippen LogP contribution in [0.5, 0.6) is 0 Å². The van der Waals surface area contributed by atoms with E-state index in [0.717, 1.165) is 21.9 Å². The normalized spacial score (nSPS) is 12.2. The summed E-state index contributed by atoms with van der Waals surface area (Å²) in [6.45, 7) is 3.79. The van der Waals surface area contributed by atoms with Gasteiger partial charge in [0, 0.05) is 0 Å². The Bertz CT molecular complexity index is 1240. The maximum Gasteiger partial charge on any atom is 0.261 e. The molecule has 1 atom stereocenters. The van der Waals surface area contributed by atoms with E-state index in [1.54, 1.807) is 6.07 Å². The molecule has 5 heteroatoms. The third-order valence-corrected chi connectivity index (χ3v) is 5.02. The molecule has 0 spiro atoms. The van der Waals surface area contributed by atoms with Crippen LogP contribution in [-0.4, -0.2) is 15.5 Å². The highest BCUT2D eigenvalue weighted by atomic mass is 16.2. The van der Waals surface area contributed by atoms with Gasteiger partial charge >= 0.3 is 0 Å². The number of hydrogen-bond acceptors (Lipinski definition) is 3. The third-order valence-electron chi connectivity index (χ3n) is 5.02. The quantitative estimate of drug-likeness (QED) is 0.594. The Kier molecular flexibility index (Phi) is 4.65. The largest absolute Gasteiger partial charge is 0.348 e. The van der Waals surface area contributed by atoms with Gasteiger partial charge in [0.25, 0.3) is 5.56 Å². The van der Waals surface area contributed by atoms with Gasteiger partial charge in [-0.05, 0) is 47.9 Å². The SMILES string of the molecule is Cc1cccc2c(=O)n(CC(=O)N[C@@H](C)c3ccc4ccccc4c3)cnc12. The predicted octanol–water partition coefficient (Wildman–Crippen LogP) is 3.74. The zero-order chi connectivity index (χ0) is 19.7. The van der Waals surface area contributed by atoms with E-state index in [4.69, 9.17) is 0 Å². The van der Waals surface area contributed by atoms with Crippen molar-refractivity contribution in [2.24, 2.45) is 0 Å². The number of amides is 1. The Labute approximate surface area is 162 Å². The van der Waals surface area contributed by atoms with Crippen LogP contribution in [0.4, 0.5) is 0 Å². The van der Waals surface area contributed by atoms with E-state index in [2.05, 4.69) is 28.5 Å². The standard InChI is InChI=1S/C23H21N3O2/c1-15-6-5-9-20-22(15)24-14-26(23(20)28)13-21(27)25-16(2)18-11-10-17-7-3-4-8-19(17)12-18/h3-12,14,16H,13H2,1-2H3,(H,25,27)/t16-/m0/s1. The predicted molar refractivity (Wildman–Crippen MR) is 111 cm³/mol. The van der Waals surface area contributed by atoms with Gasteiger partial charge < -0.3 is 5.32 Å². The van der Waals surface area contributed by atoms with Gasteiger partial charge in [0.15, 0.2) is 0 Å². The summed E-state index contributed by atoms with van der Waals surface area (Å²) in [7, 11) is 0. The second-order valence-electron chi connectivity index (χ2n) is 7.04. The van der Waals surface area contributed by atoms with Crippen LogP contribution in [-0.2, 0) is 11.3 Å². The molecule has 28 heavy (non-hydrogen) atoms. The lowest BCUT2D eigenvalue weighted by Gasteiger charge is -2.16. The van der Waals surface area contributed by atoms with E-state index < -0.39 is 0 Å². The lowest BCUT2D eigenvalue weighted by atomic mass is 10.0. The Balaban J connectivity index is 1.53. The van der Waals surface area contributed by atoms with E-state index in [1.807, 2.05) is 50.2 Å². The minimum Gasteiger partial charge on any atom is -0.348 e. The highest BCUT2D eigenvalue weighted by Gasteiger charge is 2.13. The van der Waals surface area contributed by atoms with Crippen molar-refractivity contribution in [2.75, 3.05) is 0 Å². The fourth-order valence-electron chi connectivity index (χ4n) is 3.45. The van der Waals surface area contributed by atoms with Gasteiger partial charge in [0.2, 0.25) is 5.91 Å². The second kappa shape index (κ2) is 7.27. The lowest BCUT2D eigenvalue weighted by Crippen LogP contribution is -2.34. The van der Waals surface area contributed by atoms with Crippen molar-refractivity contribution in [1.29, 1.82) is 0 Å². The van der Waals surface area contributed by atoms with Crippen LogP contribution in [0.3, 0.4) is 0 Å². The first-order chi connectivity index (χ1) is 13.5. The van der Waals surface area contributed by atoms with Crippen LogP contribution in [0, 0.1) is 6.92 Å². The van der Waals surface area contributed by atoms with Gasteiger partial charge in [-0.15, -0.1) is 0 Å². The highest BCUT2D eigenvalue weighted by molar-refractivity contribution is 5.84. The van der Waals surface area contributed by atoms with E-state index >= 15 is 0 Å². The highest BCUT2D eigenvalue weighted by Crippen LogP contribution is 2.20. The van der Waals surface area contributed by atoms with Crippen LogP contribution in [0.2, 0.25) is 0 Å². The van der Waals surface area contributed by atoms with Gasteiger partial charge in [0.1, 0.15) is 6.54 Å². The molecule has 0 aliphatic heterocycles. The molecule has 4 aromatic rings. The summed E-state index contributed by atoms with van der Waals surface area (Å²) in [5.41, 5.74) is 2.43. The number of aromatic nitrogens is 2. The van der Waals surface area contributed by atoms with Gasteiger partial charge in [-0.2, -0.15) is 0 Å². The first-order valence-electron chi connectivity index (χ1n) is 9.26. The van der Waals surface area contributed by atoms with Crippen molar-refractivity contribution in [3.63, 3.8) is 0 Å². The third kappa shape index (κ3) is 3.39. The van der Waals surface area contributed by atoms with E-state index in [1.165, 1.54) is 10.9 Å². The van der Waals surface area contributed by atoms with Crippen molar-refractivity contribution >= 4 is 27.6 Å². The molecule has 0 aliphatic rings. The molecule has 1 N–H and O–H groups in total. The molecule has 0 bridgehead atoms. The summed E-state index contributed by atoms with van der Waals surface area (Å²) >= 11 is 0. The number of carbonyl (C=O) groups excluding carboxylic acids is 1. The molecule has 0 saturated carbocycles. The lowest BCUT2D eigenvalue weighted by molar-refractivity contribution is -0.122. The monoisotopic (exact) mass is 371 g/mol. The van der Waals surface area contributed by atoms with Crippen LogP contribution < -0.4 is 10.9 Å². The number of carbonyl (C=O) groups is 1. The zero-order valence-electron chi connectivity index (χ0n) is 15.8. The van der Waals surface area contributed by atoms with Crippen molar-refractivity contribution in [3.05, 3.63) is 88.5 Å². The molecule has 0 aliphatic carbocycles. The first-order valence-corrected chi connectivity index (χ1v) is 9.26. The molecule has 0 fully saturated rings. The number of benzene rings is 3. The number of nitrogens with one attached hydrogen (secondary N) is 1. The summed E-state index contributed by atoms with van der Waals surface area (Å²) in [6, 6.07) is 19.6. The summed E-state index contributed by atoms with van der Waals surface area (Å²) in [5.74, 6) is -0.225. The van der Waals surface area contributed by atoms with E-state index in [-0.39, 0.29) is 24.1 Å². The summed E-state index contributed by atoms with van der Waals surface area (Å²) in [4.78, 5) is 29.5. The van der Waals surface area contributed by atoms with Crippen LogP contribution in [0.25, 0.3) is 21.7 Å². The molecule has 1 amide bonds. The number of aryl methyl sites for hydroxylation is 1. The van der Waals surface area contributed by atoms with Crippen molar-refractivity contribution in [3.8, 4) is 0 Å². The molecule has 0 unspecified atom stereocenters. The molecule has 1 aromatic heterocycles. The van der Waals surface area contributed by atoms with Crippen LogP contribution in [0.1, 0.15) is 24.1 Å². The van der Waals surface area contributed by atoms with E-state index in [0.29, 0.717) is 10.9 Å². The number of rotatable bonds is 4. The van der Waals surface area contributed by atoms with Gasteiger partial charge in [-0.25, -0.2) is 4.98 Å². The fourth-order valence-corrected chi connectivity index (χ4v) is 3.45. The summed E-state index contributed by atoms with van der Waals surface area (Å²) < 4.78 is 1.35. The molecule has 140 valence electrons. The Hall–Kier alpha value is -3.47. The van der Waals surface area contributed by atoms with Gasteiger partial charge in [-0.1, -0.05) is 48.5 Å². The Morgan fingerprint density at radius 2 is 1.86 bits per heavy atom. The fraction of sp³-hybridized carbons (Fsp3) is 0.174. The average molecular weight is 371 g/mol. The van der Waals surface area contributed by atoms with Crippen LogP contribution in [0.15, 0.2) is 71.8 Å². The molecule has 0 saturated heterocycles. The molecular weight excluding hydrogens is 350 g/mol. The Morgan fingerprint density at radius 1 is 1.07 bits per heavy atom. The van der Waals surface area contributed by atoms with Crippen molar-refractivity contribution in [2.45, 2.75) is 26.4 Å². The van der Waals surface area contributed by atoms with Crippen LogP contribution >= 0.6 is 0 Å². The van der Waals surface area contributed by atoms with Gasteiger partial charge in [0.05, 0.1) is 23.3 Å². The minimum atomic E-state index is -0.225. The number of nitrogens with zero attached hydrogens (tertiary/aromatic N) is 2.